The summed E-state index contributed by atoms with van der Waals surface area (Å²) in [6.45, 7) is 2.37. The van der Waals surface area contributed by atoms with Crippen molar-refractivity contribution in [1.29, 1.82) is 0 Å². The monoisotopic (exact) mass is 186 g/mol. The molecule has 0 aromatic heterocycles. The van der Waals surface area contributed by atoms with Crippen LogP contribution >= 0.6 is 0 Å². The first kappa shape index (κ1) is 9.98. The number of hydrogen-bond donors (Lipinski definition) is 2. The second kappa shape index (κ2) is 4.23. The zero-order valence-electron chi connectivity index (χ0n) is 7.62. The molecule has 0 aromatic carbocycles. The lowest BCUT2D eigenvalue weighted by atomic mass is 10.1. The van der Waals surface area contributed by atoms with Gasteiger partial charge in [-0.05, 0) is 12.8 Å². The Morgan fingerprint density at radius 2 is 2.31 bits per heavy atom. The van der Waals surface area contributed by atoms with Crippen LogP contribution in [0.15, 0.2) is 0 Å². The highest BCUT2D eigenvalue weighted by molar-refractivity contribution is 5.77. The third-order valence-electron chi connectivity index (χ3n) is 2.09. The van der Waals surface area contributed by atoms with Gasteiger partial charge in [-0.15, -0.1) is 0 Å². The van der Waals surface area contributed by atoms with Crippen LogP contribution in [-0.2, 0) is 9.59 Å². The number of carbonyl (C=O) groups excluding carboxylic acids is 1. The molecule has 0 bridgehead atoms. The van der Waals surface area contributed by atoms with Crippen LogP contribution in [0.2, 0.25) is 0 Å². The maximum absolute atomic E-state index is 11.2. The summed E-state index contributed by atoms with van der Waals surface area (Å²) in [5.74, 6) is -0.945. The van der Waals surface area contributed by atoms with E-state index >= 15 is 0 Å². The second-order valence-electron chi connectivity index (χ2n) is 3.06. The van der Waals surface area contributed by atoms with Crippen molar-refractivity contribution >= 4 is 11.9 Å². The predicted octanol–water partition coefficient (Wildman–Crippen LogP) is -0.0234. The van der Waals surface area contributed by atoms with E-state index in [-0.39, 0.29) is 5.91 Å². The van der Waals surface area contributed by atoms with Gasteiger partial charge in [0.1, 0.15) is 6.04 Å². The number of nitrogens with zero attached hydrogens (tertiary/aromatic N) is 1. The average Bonchev–Trinajstić information content (AvgIpc) is 2.17. The summed E-state index contributed by atoms with van der Waals surface area (Å²) in [5, 5.41) is 10.1. The van der Waals surface area contributed by atoms with Gasteiger partial charge in [-0.3, -0.25) is 14.6 Å². The number of carboxylic acid groups (broad SMARTS) is 1. The maximum atomic E-state index is 11.2. The standard InChI is InChI=1S/C8H14N2O3/c1-2-7(11)10-5-3-4-6(9-10)8(12)13/h6,9H,2-5H2,1H3,(H,12,13). The summed E-state index contributed by atoms with van der Waals surface area (Å²) in [7, 11) is 0. The molecule has 1 amide bonds. The fourth-order valence-electron chi connectivity index (χ4n) is 1.34. The molecule has 1 unspecified atom stereocenters. The number of carboxylic acids is 1. The molecule has 1 heterocycles. The molecule has 13 heavy (non-hydrogen) atoms. The Morgan fingerprint density at radius 3 is 2.85 bits per heavy atom. The maximum Gasteiger partial charge on any atom is 0.322 e. The lowest BCUT2D eigenvalue weighted by Crippen LogP contribution is -2.54. The number of rotatable bonds is 2. The van der Waals surface area contributed by atoms with Crippen LogP contribution in [0, 0.1) is 0 Å². The quantitative estimate of drug-likeness (QED) is 0.635. The highest BCUT2D eigenvalue weighted by atomic mass is 16.4. The summed E-state index contributed by atoms with van der Waals surface area (Å²) < 4.78 is 0. The number of hydrazine groups is 1. The van der Waals surface area contributed by atoms with Gasteiger partial charge < -0.3 is 5.11 Å². The smallest absolute Gasteiger partial charge is 0.322 e. The largest absolute Gasteiger partial charge is 0.480 e. The minimum absolute atomic E-state index is 0.0500. The summed E-state index contributed by atoms with van der Waals surface area (Å²) in [4.78, 5) is 21.8. The van der Waals surface area contributed by atoms with Gasteiger partial charge in [0.15, 0.2) is 0 Å². The molecule has 1 aliphatic heterocycles. The van der Waals surface area contributed by atoms with Crippen molar-refractivity contribution in [2.24, 2.45) is 0 Å². The topological polar surface area (TPSA) is 69.6 Å². The summed E-state index contributed by atoms with van der Waals surface area (Å²) in [6, 6.07) is -0.607. The highest BCUT2D eigenvalue weighted by Crippen LogP contribution is 2.08. The molecule has 74 valence electrons. The molecule has 5 nitrogen and oxygen atoms in total. The molecule has 1 atom stereocenters. The van der Waals surface area contributed by atoms with Crippen LogP contribution in [0.3, 0.4) is 0 Å². The molecule has 0 spiro atoms. The van der Waals surface area contributed by atoms with Gasteiger partial charge in [0, 0.05) is 13.0 Å². The number of nitrogens with one attached hydrogen (secondary N) is 1. The van der Waals surface area contributed by atoms with Gasteiger partial charge in [-0.25, -0.2) is 5.43 Å². The molecule has 1 aliphatic rings. The Bertz CT molecular complexity index is 217. The molecule has 1 fully saturated rings. The van der Waals surface area contributed by atoms with Gasteiger partial charge in [0.25, 0.3) is 0 Å². The SMILES string of the molecule is CCC(=O)N1CCCC(C(=O)O)N1. The number of amides is 1. The van der Waals surface area contributed by atoms with Crippen molar-refractivity contribution in [1.82, 2.24) is 10.4 Å². The van der Waals surface area contributed by atoms with Crippen LogP contribution in [0.5, 0.6) is 0 Å². The fourth-order valence-corrected chi connectivity index (χ4v) is 1.34. The van der Waals surface area contributed by atoms with E-state index in [1.165, 1.54) is 5.01 Å². The van der Waals surface area contributed by atoms with Crippen molar-refractivity contribution in [3.05, 3.63) is 0 Å². The molecular formula is C8H14N2O3. The molecule has 1 saturated heterocycles. The molecule has 1 rings (SSSR count). The second-order valence-corrected chi connectivity index (χ2v) is 3.06. The van der Waals surface area contributed by atoms with E-state index in [2.05, 4.69) is 5.43 Å². The Balaban J connectivity index is 2.51. The van der Waals surface area contributed by atoms with E-state index in [0.717, 1.165) is 6.42 Å². The van der Waals surface area contributed by atoms with Gasteiger partial charge in [0.2, 0.25) is 5.91 Å². The van der Waals surface area contributed by atoms with Crippen LogP contribution in [0.1, 0.15) is 26.2 Å². The molecule has 2 N–H and O–H groups in total. The first-order valence-electron chi connectivity index (χ1n) is 4.44. The minimum atomic E-state index is -0.895. The van der Waals surface area contributed by atoms with Crippen molar-refractivity contribution in [2.45, 2.75) is 32.2 Å². The van der Waals surface area contributed by atoms with E-state index in [1.807, 2.05) is 0 Å². The first-order chi connectivity index (χ1) is 6.15. The van der Waals surface area contributed by atoms with E-state index in [0.29, 0.717) is 19.4 Å². The Hall–Kier alpha value is -1.10. The highest BCUT2D eigenvalue weighted by Gasteiger charge is 2.26. The lowest BCUT2D eigenvalue weighted by molar-refractivity contribution is -0.146. The van der Waals surface area contributed by atoms with E-state index in [1.54, 1.807) is 6.92 Å². The van der Waals surface area contributed by atoms with Crippen molar-refractivity contribution in [3.8, 4) is 0 Å². The van der Waals surface area contributed by atoms with E-state index in [4.69, 9.17) is 5.11 Å². The lowest BCUT2D eigenvalue weighted by Gasteiger charge is -2.31. The zero-order chi connectivity index (χ0) is 9.84. The Kier molecular flexibility index (Phi) is 3.25. The summed E-state index contributed by atoms with van der Waals surface area (Å²) in [5.41, 5.74) is 2.69. The summed E-state index contributed by atoms with van der Waals surface area (Å²) >= 11 is 0. The molecule has 0 radical (unpaired) electrons. The Morgan fingerprint density at radius 1 is 1.62 bits per heavy atom. The van der Waals surface area contributed by atoms with Crippen LogP contribution in [0.25, 0.3) is 0 Å². The first-order valence-corrected chi connectivity index (χ1v) is 4.44. The van der Waals surface area contributed by atoms with Gasteiger partial charge in [0.05, 0.1) is 0 Å². The minimum Gasteiger partial charge on any atom is -0.480 e. The van der Waals surface area contributed by atoms with Crippen molar-refractivity contribution < 1.29 is 14.7 Å². The molecule has 0 aromatic rings. The number of carbonyl (C=O) groups is 2. The van der Waals surface area contributed by atoms with E-state index < -0.39 is 12.0 Å². The fraction of sp³-hybridized carbons (Fsp3) is 0.750. The molecule has 0 aliphatic carbocycles. The average molecular weight is 186 g/mol. The number of aliphatic carboxylic acids is 1. The van der Waals surface area contributed by atoms with Gasteiger partial charge >= 0.3 is 5.97 Å². The van der Waals surface area contributed by atoms with Crippen molar-refractivity contribution in [2.75, 3.05) is 6.54 Å². The molecule has 0 saturated carbocycles. The molecular weight excluding hydrogens is 172 g/mol. The summed E-state index contributed by atoms with van der Waals surface area (Å²) in [6.07, 6.45) is 1.73. The Labute approximate surface area is 76.7 Å². The van der Waals surface area contributed by atoms with Crippen LogP contribution in [0.4, 0.5) is 0 Å². The van der Waals surface area contributed by atoms with Crippen LogP contribution < -0.4 is 5.43 Å². The normalized spacial score (nSPS) is 22.8. The van der Waals surface area contributed by atoms with Crippen molar-refractivity contribution in [3.63, 3.8) is 0 Å². The van der Waals surface area contributed by atoms with Crippen LogP contribution in [-0.4, -0.2) is 34.6 Å². The third kappa shape index (κ3) is 2.42. The molecule has 5 heteroatoms. The predicted molar refractivity (Wildman–Crippen MR) is 45.8 cm³/mol. The van der Waals surface area contributed by atoms with Gasteiger partial charge in [-0.1, -0.05) is 6.92 Å². The van der Waals surface area contributed by atoms with Gasteiger partial charge in [-0.2, -0.15) is 0 Å². The third-order valence-corrected chi connectivity index (χ3v) is 2.09. The zero-order valence-corrected chi connectivity index (χ0v) is 7.62. The number of hydrogen-bond acceptors (Lipinski definition) is 3. The van der Waals surface area contributed by atoms with E-state index in [9.17, 15) is 9.59 Å².